The summed E-state index contributed by atoms with van der Waals surface area (Å²) in [4.78, 5) is 13.6. The smallest absolute Gasteiger partial charge is 0.222 e. The average Bonchev–Trinajstić information content (AvgIpc) is 2.18. The van der Waals surface area contributed by atoms with Crippen LogP contribution in [0.15, 0.2) is 0 Å². The number of nitrogens with two attached hydrogens (primary N) is 1. The minimum absolute atomic E-state index is 0.198. The van der Waals surface area contributed by atoms with Gasteiger partial charge in [-0.15, -0.1) is 0 Å². The van der Waals surface area contributed by atoms with Crippen LogP contribution in [0, 0.1) is 5.92 Å². The Balaban J connectivity index is 2.40. The lowest BCUT2D eigenvalue weighted by Crippen LogP contribution is -2.50. The monoisotopic (exact) mass is 214 g/mol. The van der Waals surface area contributed by atoms with E-state index in [0.29, 0.717) is 44.8 Å². The molecule has 88 valence electrons. The van der Waals surface area contributed by atoms with Crippen molar-refractivity contribution in [1.82, 2.24) is 4.90 Å². The summed E-state index contributed by atoms with van der Waals surface area (Å²) in [5.41, 5.74) is 4.74. The molecule has 0 aliphatic carbocycles. The molecule has 0 aromatic rings. The van der Waals surface area contributed by atoms with Crippen molar-refractivity contribution in [1.29, 1.82) is 0 Å². The van der Waals surface area contributed by atoms with E-state index in [0.717, 1.165) is 0 Å². The van der Waals surface area contributed by atoms with E-state index in [4.69, 9.17) is 5.73 Å². The van der Waals surface area contributed by atoms with E-state index < -0.39 is 5.60 Å². The summed E-state index contributed by atoms with van der Waals surface area (Å²) in [6.07, 6.45) is 1.81. The lowest BCUT2D eigenvalue weighted by molar-refractivity contribution is -0.135. The Bertz CT molecular complexity index is 221. The molecule has 1 aliphatic heterocycles. The third kappa shape index (κ3) is 3.47. The molecule has 1 heterocycles. The van der Waals surface area contributed by atoms with E-state index in [-0.39, 0.29) is 5.91 Å². The molecule has 0 aromatic heterocycles. The first-order valence-electron chi connectivity index (χ1n) is 5.67. The van der Waals surface area contributed by atoms with Crippen LogP contribution in [-0.4, -0.2) is 41.1 Å². The van der Waals surface area contributed by atoms with Gasteiger partial charge in [-0.05, 0) is 18.8 Å². The standard InChI is InChI=1S/C11H22N2O2/c1-9(2)7-10(14)13-5-3-11(15,8-12)4-6-13/h9,15H,3-8,12H2,1-2H3. The summed E-state index contributed by atoms with van der Waals surface area (Å²) in [5.74, 6) is 0.594. The topological polar surface area (TPSA) is 66.6 Å². The second-order valence-corrected chi connectivity index (χ2v) is 4.91. The van der Waals surface area contributed by atoms with Crippen molar-refractivity contribution in [3.05, 3.63) is 0 Å². The van der Waals surface area contributed by atoms with Gasteiger partial charge in [0.2, 0.25) is 5.91 Å². The summed E-state index contributed by atoms with van der Waals surface area (Å²) < 4.78 is 0. The first kappa shape index (κ1) is 12.5. The molecule has 1 fully saturated rings. The molecular formula is C11H22N2O2. The van der Waals surface area contributed by atoms with Crippen LogP contribution in [0.5, 0.6) is 0 Å². The molecule has 0 atom stereocenters. The van der Waals surface area contributed by atoms with Crippen LogP contribution >= 0.6 is 0 Å². The van der Waals surface area contributed by atoms with Crippen LogP contribution in [0.4, 0.5) is 0 Å². The van der Waals surface area contributed by atoms with Crippen LogP contribution < -0.4 is 5.73 Å². The molecule has 4 heteroatoms. The third-order valence-corrected chi connectivity index (χ3v) is 3.01. The highest BCUT2D eigenvalue weighted by molar-refractivity contribution is 5.76. The van der Waals surface area contributed by atoms with E-state index in [2.05, 4.69) is 0 Å². The maximum atomic E-state index is 11.7. The molecule has 1 amide bonds. The van der Waals surface area contributed by atoms with E-state index >= 15 is 0 Å². The average molecular weight is 214 g/mol. The first-order chi connectivity index (χ1) is 6.97. The van der Waals surface area contributed by atoms with Crippen molar-refractivity contribution in [3.63, 3.8) is 0 Å². The van der Waals surface area contributed by atoms with Gasteiger partial charge in [0.05, 0.1) is 5.60 Å². The highest BCUT2D eigenvalue weighted by Crippen LogP contribution is 2.21. The van der Waals surface area contributed by atoms with Gasteiger partial charge in [0, 0.05) is 26.1 Å². The summed E-state index contributed by atoms with van der Waals surface area (Å²) >= 11 is 0. The number of hydrogen-bond acceptors (Lipinski definition) is 3. The number of aliphatic hydroxyl groups is 1. The second-order valence-electron chi connectivity index (χ2n) is 4.91. The summed E-state index contributed by atoms with van der Waals surface area (Å²) in [7, 11) is 0. The maximum Gasteiger partial charge on any atom is 0.222 e. The summed E-state index contributed by atoms with van der Waals surface area (Å²) in [6.45, 7) is 5.65. The zero-order chi connectivity index (χ0) is 11.5. The van der Waals surface area contributed by atoms with E-state index in [1.807, 2.05) is 18.7 Å². The normalized spacial score (nSPS) is 20.7. The molecule has 0 saturated carbocycles. The van der Waals surface area contributed by atoms with E-state index in [1.165, 1.54) is 0 Å². The van der Waals surface area contributed by atoms with Gasteiger partial charge < -0.3 is 15.7 Å². The highest BCUT2D eigenvalue weighted by atomic mass is 16.3. The molecule has 0 unspecified atom stereocenters. The molecule has 0 aromatic carbocycles. The van der Waals surface area contributed by atoms with Crippen molar-refractivity contribution in [3.8, 4) is 0 Å². The number of hydrogen-bond donors (Lipinski definition) is 2. The fraction of sp³-hybridized carbons (Fsp3) is 0.909. The van der Waals surface area contributed by atoms with Crippen LogP contribution in [0.3, 0.4) is 0 Å². The number of carbonyl (C=O) groups excluding carboxylic acids is 1. The van der Waals surface area contributed by atoms with Crippen molar-refractivity contribution in [2.45, 2.75) is 38.7 Å². The van der Waals surface area contributed by atoms with Gasteiger partial charge in [-0.25, -0.2) is 0 Å². The third-order valence-electron chi connectivity index (χ3n) is 3.01. The lowest BCUT2D eigenvalue weighted by atomic mass is 9.91. The second kappa shape index (κ2) is 4.94. The largest absolute Gasteiger partial charge is 0.388 e. The Morgan fingerprint density at radius 3 is 2.40 bits per heavy atom. The molecule has 4 nitrogen and oxygen atoms in total. The molecule has 0 bridgehead atoms. The highest BCUT2D eigenvalue weighted by Gasteiger charge is 2.32. The zero-order valence-corrected chi connectivity index (χ0v) is 9.70. The van der Waals surface area contributed by atoms with Gasteiger partial charge >= 0.3 is 0 Å². The first-order valence-corrected chi connectivity index (χ1v) is 5.67. The van der Waals surface area contributed by atoms with Crippen molar-refractivity contribution in [2.75, 3.05) is 19.6 Å². The van der Waals surface area contributed by atoms with Crippen LogP contribution in [0.2, 0.25) is 0 Å². The molecule has 3 N–H and O–H groups in total. The zero-order valence-electron chi connectivity index (χ0n) is 9.70. The van der Waals surface area contributed by atoms with Gasteiger partial charge in [0.25, 0.3) is 0 Å². The molecule has 0 radical (unpaired) electrons. The van der Waals surface area contributed by atoms with Gasteiger partial charge in [0.1, 0.15) is 0 Å². The quantitative estimate of drug-likeness (QED) is 0.712. The SMILES string of the molecule is CC(C)CC(=O)N1CCC(O)(CN)CC1. The van der Waals surface area contributed by atoms with Gasteiger partial charge in [0.15, 0.2) is 0 Å². The number of amides is 1. The Morgan fingerprint density at radius 2 is 2.00 bits per heavy atom. The Hall–Kier alpha value is -0.610. The van der Waals surface area contributed by atoms with Crippen LogP contribution in [0.25, 0.3) is 0 Å². The predicted molar refractivity (Wildman–Crippen MR) is 59.3 cm³/mol. The van der Waals surface area contributed by atoms with Crippen LogP contribution in [-0.2, 0) is 4.79 Å². The van der Waals surface area contributed by atoms with Gasteiger partial charge in [-0.1, -0.05) is 13.8 Å². The number of rotatable bonds is 3. The minimum atomic E-state index is -0.741. The summed E-state index contributed by atoms with van der Waals surface area (Å²) in [5, 5.41) is 9.90. The van der Waals surface area contributed by atoms with Crippen molar-refractivity contribution < 1.29 is 9.90 Å². The molecule has 1 rings (SSSR count). The fourth-order valence-electron chi connectivity index (χ4n) is 1.85. The molecule has 0 spiro atoms. The van der Waals surface area contributed by atoms with Gasteiger partial charge in [-0.2, -0.15) is 0 Å². The predicted octanol–water partition coefficient (Wildman–Crippen LogP) is 0.345. The minimum Gasteiger partial charge on any atom is -0.388 e. The van der Waals surface area contributed by atoms with Gasteiger partial charge in [-0.3, -0.25) is 4.79 Å². The van der Waals surface area contributed by atoms with E-state index in [9.17, 15) is 9.90 Å². The molecular weight excluding hydrogens is 192 g/mol. The summed E-state index contributed by atoms with van der Waals surface area (Å²) in [6, 6.07) is 0. The van der Waals surface area contributed by atoms with Crippen molar-refractivity contribution in [2.24, 2.45) is 11.7 Å². The van der Waals surface area contributed by atoms with Crippen LogP contribution in [0.1, 0.15) is 33.1 Å². The van der Waals surface area contributed by atoms with E-state index in [1.54, 1.807) is 0 Å². The lowest BCUT2D eigenvalue weighted by Gasteiger charge is -2.37. The Labute approximate surface area is 91.4 Å². The number of carbonyl (C=O) groups is 1. The Kier molecular flexibility index (Phi) is 4.11. The maximum absolute atomic E-state index is 11.7. The molecule has 15 heavy (non-hydrogen) atoms. The van der Waals surface area contributed by atoms with Crippen molar-refractivity contribution >= 4 is 5.91 Å². The molecule has 1 saturated heterocycles. The number of piperidine rings is 1. The molecule has 1 aliphatic rings. The fourth-order valence-corrected chi connectivity index (χ4v) is 1.85. The number of nitrogens with zero attached hydrogens (tertiary/aromatic N) is 1. The Morgan fingerprint density at radius 1 is 1.47 bits per heavy atom. The number of likely N-dealkylation sites (tertiary alicyclic amines) is 1.